The summed E-state index contributed by atoms with van der Waals surface area (Å²) >= 11 is 6.13. The third-order valence-corrected chi connectivity index (χ3v) is 6.39. The fraction of sp³-hybridized carbons (Fsp3) is 0.174. The van der Waals surface area contributed by atoms with Crippen LogP contribution in [0.2, 0.25) is 5.02 Å². The first-order chi connectivity index (χ1) is 16.3. The number of nitriles is 1. The van der Waals surface area contributed by atoms with Crippen molar-refractivity contribution in [1.29, 1.82) is 5.26 Å². The highest BCUT2D eigenvalue weighted by Gasteiger charge is 2.20. The SMILES string of the molecule is CCOc1ccc(NS(=O)(=O)c2cc(C(=O)NCCNc3ncccc3C#N)ccc2Cl)cc1. The lowest BCUT2D eigenvalue weighted by Gasteiger charge is -2.12. The Morgan fingerprint density at radius 3 is 2.62 bits per heavy atom. The van der Waals surface area contributed by atoms with E-state index in [4.69, 9.17) is 21.6 Å². The summed E-state index contributed by atoms with van der Waals surface area (Å²) in [4.78, 5) is 16.4. The largest absolute Gasteiger partial charge is 0.494 e. The predicted octanol–water partition coefficient (Wildman–Crippen LogP) is 3.65. The Bertz CT molecular complexity index is 1310. The molecule has 0 radical (unpaired) electrons. The number of carbonyl (C=O) groups is 1. The van der Waals surface area contributed by atoms with Crippen molar-refractivity contribution in [2.24, 2.45) is 0 Å². The van der Waals surface area contributed by atoms with Gasteiger partial charge in [0.2, 0.25) is 0 Å². The van der Waals surface area contributed by atoms with Gasteiger partial charge in [-0.3, -0.25) is 9.52 Å². The van der Waals surface area contributed by atoms with E-state index in [0.717, 1.165) is 0 Å². The molecule has 9 nitrogen and oxygen atoms in total. The average molecular weight is 500 g/mol. The van der Waals surface area contributed by atoms with Gasteiger partial charge in [-0.25, -0.2) is 13.4 Å². The number of aromatic nitrogens is 1. The summed E-state index contributed by atoms with van der Waals surface area (Å²) in [5, 5.41) is 14.7. The first kappa shape index (κ1) is 24.8. The smallest absolute Gasteiger partial charge is 0.263 e. The normalized spacial score (nSPS) is 10.7. The number of benzene rings is 2. The molecule has 0 aliphatic rings. The highest BCUT2D eigenvalue weighted by molar-refractivity contribution is 7.92. The Hall–Kier alpha value is -3.81. The predicted molar refractivity (Wildman–Crippen MR) is 130 cm³/mol. The zero-order chi connectivity index (χ0) is 24.6. The first-order valence-electron chi connectivity index (χ1n) is 10.3. The summed E-state index contributed by atoms with van der Waals surface area (Å²) in [7, 11) is -4.05. The number of halogens is 1. The molecule has 0 unspecified atom stereocenters. The van der Waals surface area contributed by atoms with Gasteiger partial charge in [-0.2, -0.15) is 5.26 Å². The van der Waals surface area contributed by atoms with E-state index in [1.165, 1.54) is 18.2 Å². The van der Waals surface area contributed by atoms with Crippen LogP contribution < -0.4 is 20.1 Å². The summed E-state index contributed by atoms with van der Waals surface area (Å²) in [5.41, 5.74) is 0.847. The van der Waals surface area contributed by atoms with Gasteiger partial charge in [-0.05, 0) is 61.5 Å². The molecule has 0 aliphatic carbocycles. The van der Waals surface area contributed by atoms with Crippen molar-refractivity contribution in [1.82, 2.24) is 10.3 Å². The molecule has 0 bridgehead atoms. The lowest BCUT2D eigenvalue weighted by Crippen LogP contribution is -2.29. The minimum absolute atomic E-state index is 0.0177. The van der Waals surface area contributed by atoms with Gasteiger partial charge in [0, 0.05) is 30.5 Å². The van der Waals surface area contributed by atoms with Crippen molar-refractivity contribution in [3.63, 3.8) is 0 Å². The third-order valence-electron chi connectivity index (χ3n) is 4.53. The zero-order valence-electron chi connectivity index (χ0n) is 18.2. The number of nitrogens with zero attached hydrogens (tertiary/aromatic N) is 2. The number of nitrogens with one attached hydrogen (secondary N) is 3. The Labute approximate surface area is 202 Å². The molecule has 0 saturated carbocycles. The number of sulfonamides is 1. The number of anilines is 2. The zero-order valence-corrected chi connectivity index (χ0v) is 19.8. The number of hydrogen-bond donors (Lipinski definition) is 3. The van der Waals surface area contributed by atoms with Crippen molar-refractivity contribution in [3.05, 3.63) is 76.9 Å². The van der Waals surface area contributed by atoms with E-state index in [1.807, 2.05) is 13.0 Å². The van der Waals surface area contributed by atoms with E-state index >= 15 is 0 Å². The quantitative estimate of drug-likeness (QED) is 0.362. The molecule has 1 heterocycles. The number of ether oxygens (including phenoxy) is 1. The average Bonchev–Trinajstić information content (AvgIpc) is 2.83. The van der Waals surface area contributed by atoms with E-state index in [1.54, 1.807) is 42.6 Å². The number of hydrogen-bond acceptors (Lipinski definition) is 7. The third kappa shape index (κ3) is 6.37. The fourth-order valence-electron chi connectivity index (χ4n) is 2.94. The second kappa shape index (κ2) is 11.4. The molecular weight excluding hydrogens is 478 g/mol. The lowest BCUT2D eigenvalue weighted by atomic mass is 10.2. The summed E-state index contributed by atoms with van der Waals surface area (Å²) in [6, 6.07) is 15.8. The lowest BCUT2D eigenvalue weighted by molar-refractivity contribution is 0.0955. The summed E-state index contributed by atoms with van der Waals surface area (Å²) in [6.45, 7) is 2.88. The van der Waals surface area contributed by atoms with Crippen molar-refractivity contribution < 1.29 is 17.9 Å². The van der Waals surface area contributed by atoms with Crippen LogP contribution in [0.25, 0.3) is 0 Å². The monoisotopic (exact) mass is 499 g/mol. The molecule has 11 heteroatoms. The number of pyridine rings is 1. The van der Waals surface area contributed by atoms with Crippen molar-refractivity contribution >= 4 is 39.0 Å². The molecule has 34 heavy (non-hydrogen) atoms. The van der Waals surface area contributed by atoms with Gasteiger partial charge >= 0.3 is 0 Å². The van der Waals surface area contributed by atoms with Crippen LogP contribution in [0.15, 0.2) is 65.7 Å². The van der Waals surface area contributed by atoms with E-state index in [-0.39, 0.29) is 22.0 Å². The van der Waals surface area contributed by atoms with Crippen molar-refractivity contribution in [2.45, 2.75) is 11.8 Å². The molecule has 1 amide bonds. The Morgan fingerprint density at radius 1 is 1.15 bits per heavy atom. The number of rotatable bonds is 10. The minimum atomic E-state index is -4.05. The molecule has 2 aromatic carbocycles. The van der Waals surface area contributed by atoms with E-state index in [2.05, 4.69) is 20.3 Å². The topological polar surface area (TPSA) is 133 Å². The molecule has 3 aromatic rings. The Morgan fingerprint density at radius 2 is 1.91 bits per heavy atom. The van der Waals surface area contributed by atoms with Gasteiger partial charge in [-0.1, -0.05) is 11.6 Å². The second-order valence-electron chi connectivity index (χ2n) is 6.90. The van der Waals surface area contributed by atoms with Crippen LogP contribution in [0.1, 0.15) is 22.8 Å². The van der Waals surface area contributed by atoms with Gasteiger partial charge in [-0.15, -0.1) is 0 Å². The van der Waals surface area contributed by atoms with Crippen LogP contribution in [0.4, 0.5) is 11.5 Å². The molecule has 0 saturated heterocycles. The van der Waals surface area contributed by atoms with Crippen LogP contribution in [-0.4, -0.2) is 39.0 Å². The van der Waals surface area contributed by atoms with Gasteiger partial charge in [0.1, 0.15) is 22.5 Å². The molecule has 1 aromatic heterocycles. The van der Waals surface area contributed by atoms with Gasteiger partial charge in [0.25, 0.3) is 15.9 Å². The maximum Gasteiger partial charge on any atom is 0.263 e. The molecule has 0 aliphatic heterocycles. The van der Waals surface area contributed by atoms with Crippen LogP contribution in [-0.2, 0) is 10.0 Å². The van der Waals surface area contributed by atoms with Crippen LogP contribution >= 0.6 is 11.6 Å². The molecule has 3 N–H and O–H groups in total. The molecule has 3 rings (SSSR count). The minimum Gasteiger partial charge on any atom is -0.494 e. The highest BCUT2D eigenvalue weighted by atomic mass is 35.5. The molecular formula is C23H22ClN5O4S. The van der Waals surface area contributed by atoms with Crippen molar-refractivity contribution in [3.8, 4) is 11.8 Å². The van der Waals surface area contributed by atoms with Gasteiger partial charge in [0.15, 0.2) is 0 Å². The van der Waals surface area contributed by atoms with Crippen molar-refractivity contribution in [2.75, 3.05) is 29.7 Å². The van der Waals surface area contributed by atoms with Gasteiger partial charge in [0.05, 0.1) is 17.2 Å². The summed E-state index contributed by atoms with van der Waals surface area (Å²) in [5.74, 6) is 0.556. The summed E-state index contributed by atoms with van der Waals surface area (Å²) < 4.78 is 33.6. The number of carbonyl (C=O) groups excluding carboxylic acids is 1. The highest BCUT2D eigenvalue weighted by Crippen LogP contribution is 2.26. The molecule has 176 valence electrons. The van der Waals surface area contributed by atoms with E-state index in [0.29, 0.717) is 36.0 Å². The molecule has 0 spiro atoms. The van der Waals surface area contributed by atoms with Gasteiger partial charge < -0.3 is 15.4 Å². The second-order valence-corrected chi connectivity index (χ2v) is 8.96. The van der Waals surface area contributed by atoms with E-state index < -0.39 is 15.9 Å². The Kier molecular flexibility index (Phi) is 8.29. The maximum absolute atomic E-state index is 12.9. The van der Waals surface area contributed by atoms with Crippen LogP contribution in [0.3, 0.4) is 0 Å². The maximum atomic E-state index is 12.9. The summed E-state index contributed by atoms with van der Waals surface area (Å²) in [6.07, 6.45) is 1.55. The number of amides is 1. The molecule has 0 fully saturated rings. The fourth-order valence-corrected chi connectivity index (χ4v) is 4.53. The Balaban J connectivity index is 1.65. The van der Waals surface area contributed by atoms with Crippen LogP contribution in [0.5, 0.6) is 5.75 Å². The first-order valence-corrected chi connectivity index (χ1v) is 12.1. The molecule has 0 atom stereocenters. The van der Waals surface area contributed by atoms with E-state index in [9.17, 15) is 13.2 Å². The standard InChI is InChI=1S/C23H22ClN5O4S/c1-2-33-19-8-6-18(7-9-19)29-34(31,32)21-14-16(5-10-20(21)24)23(30)28-13-12-27-22-17(15-25)4-3-11-26-22/h3-11,14,29H,2,12-13H2,1H3,(H,26,27)(H,28,30). The van der Waals surface area contributed by atoms with Crippen LogP contribution in [0, 0.1) is 11.3 Å².